The highest BCUT2D eigenvalue weighted by atomic mass is 16.7. The lowest BCUT2D eigenvalue weighted by Crippen LogP contribution is -2.20. The minimum atomic E-state index is 0.146. The van der Waals surface area contributed by atoms with Gasteiger partial charge in [-0.3, -0.25) is 0 Å². The molecule has 0 spiro atoms. The summed E-state index contributed by atoms with van der Waals surface area (Å²) in [5, 5.41) is 4.39. The predicted octanol–water partition coefficient (Wildman–Crippen LogP) is 7.30. The van der Waals surface area contributed by atoms with Crippen LogP contribution >= 0.6 is 0 Å². The van der Waals surface area contributed by atoms with Crippen molar-refractivity contribution < 1.29 is 18.9 Å². The molecule has 0 bridgehead atoms. The van der Waals surface area contributed by atoms with Gasteiger partial charge in [-0.25, -0.2) is 0 Å². The van der Waals surface area contributed by atoms with E-state index < -0.39 is 0 Å². The van der Waals surface area contributed by atoms with E-state index >= 15 is 0 Å². The number of benzene rings is 5. The van der Waals surface area contributed by atoms with Gasteiger partial charge in [-0.05, 0) is 28.5 Å². The maximum absolute atomic E-state index is 6.14. The van der Waals surface area contributed by atoms with E-state index in [4.69, 9.17) is 18.9 Å². The van der Waals surface area contributed by atoms with Crippen molar-refractivity contribution in [3.63, 3.8) is 0 Å². The lowest BCUT2D eigenvalue weighted by Gasteiger charge is -2.31. The Morgan fingerprint density at radius 1 is 0.528 bits per heavy atom. The molecule has 5 heteroatoms. The largest absolute Gasteiger partial charge is 0.465 e. The topological polar surface area (TPSA) is 40.2 Å². The molecular formula is C31H29NO4. The molecule has 5 rings (SSSR count). The molecule has 0 atom stereocenters. The Bertz CT molecular complexity index is 1360. The van der Waals surface area contributed by atoms with Crippen LogP contribution in [0.25, 0.3) is 21.5 Å². The molecule has 0 fully saturated rings. The Kier molecular flexibility index (Phi) is 7.31. The number of hydrogen-bond donors (Lipinski definition) is 0. The average Bonchev–Trinajstić information content (AvgIpc) is 2.94. The maximum atomic E-state index is 6.14. The van der Waals surface area contributed by atoms with Crippen LogP contribution in [0.2, 0.25) is 0 Å². The van der Waals surface area contributed by atoms with E-state index in [1.807, 2.05) is 30.3 Å². The zero-order chi connectivity index (χ0) is 24.7. The van der Waals surface area contributed by atoms with Gasteiger partial charge < -0.3 is 23.8 Å². The number of fused-ring (bicyclic) bond motifs is 2. The predicted molar refractivity (Wildman–Crippen MR) is 145 cm³/mol. The molecule has 0 aliphatic rings. The highest BCUT2D eigenvalue weighted by Gasteiger charge is 2.24. The number of methoxy groups -OCH3 is 2. The number of nitrogens with zero attached hydrogens (tertiary/aromatic N) is 1. The van der Waals surface area contributed by atoms with Crippen LogP contribution in [-0.4, -0.2) is 27.8 Å². The van der Waals surface area contributed by atoms with Crippen LogP contribution in [0.3, 0.4) is 0 Å². The van der Waals surface area contributed by atoms with Gasteiger partial charge in [0.15, 0.2) is 13.6 Å². The van der Waals surface area contributed by atoms with Gasteiger partial charge in [-0.1, -0.05) is 91.0 Å². The molecule has 0 unspecified atom stereocenters. The normalized spacial score (nSPS) is 11.1. The quantitative estimate of drug-likeness (QED) is 0.197. The molecule has 0 aliphatic carbocycles. The fourth-order valence-electron chi connectivity index (χ4n) is 4.54. The fourth-order valence-corrected chi connectivity index (χ4v) is 4.54. The SMILES string of the molecule is COCOc1ccc2ccccc2c1N(Cc1ccccc1)c1c(OCOC)ccc2ccccc12. The maximum Gasteiger partial charge on any atom is 0.188 e. The molecule has 0 amide bonds. The second kappa shape index (κ2) is 11.1. The fraction of sp³-hybridized carbons (Fsp3) is 0.161. The van der Waals surface area contributed by atoms with Crippen molar-refractivity contribution in [3.8, 4) is 11.5 Å². The van der Waals surface area contributed by atoms with Crippen molar-refractivity contribution in [2.45, 2.75) is 6.54 Å². The van der Waals surface area contributed by atoms with Gasteiger partial charge in [0.25, 0.3) is 0 Å². The van der Waals surface area contributed by atoms with Crippen molar-refractivity contribution in [1.82, 2.24) is 0 Å². The van der Waals surface area contributed by atoms with Crippen molar-refractivity contribution in [2.75, 3.05) is 32.7 Å². The lowest BCUT2D eigenvalue weighted by molar-refractivity contribution is 0.0511. The number of rotatable bonds is 10. The Balaban J connectivity index is 1.82. The molecule has 0 N–H and O–H groups in total. The van der Waals surface area contributed by atoms with E-state index in [2.05, 4.69) is 77.7 Å². The molecule has 5 aromatic carbocycles. The first-order valence-corrected chi connectivity index (χ1v) is 11.9. The summed E-state index contributed by atoms with van der Waals surface area (Å²) in [5.74, 6) is 1.47. The van der Waals surface area contributed by atoms with E-state index in [-0.39, 0.29) is 13.6 Å². The summed E-state index contributed by atoms with van der Waals surface area (Å²) in [7, 11) is 3.26. The zero-order valence-corrected chi connectivity index (χ0v) is 20.5. The first kappa shape index (κ1) is 23.7. The first-order chi connectivity index (χ1) is 17.8. The number of anilines is 2. The summed E-state index contributed by atoms with van der Waals surface area (Å²) < 4.78 is 22.8. The summed E-state index contributed by atoms with van der Waals surface area (Å²) in [6, 6.07) is 35.3. The minimum absolute atomic E-state index is 0.146. The van der Waals surface area contributed by atoms with E-state index in [9.17, 15) is 0 Å². The lowest BCUT2D eigenvalue weighted by atomic mass is 10.0. The van der Waals surface area contributed by atoms with E-state index in [1.54, 1.807) is 14.2 Å². The van der Waals surface area contributed by atoms with Crippen molar-refractivity contribution in [1.29, 1.82) is 0 Å². The molecule has 0 saturated carbocycles. The molecule has 0 aromatic heterocycles. The molecule has 36 heavy (non-hydrogen) atoms. The van der Waals surface area contributed by atoms with Crippen LogP contribution in [0, 0.1) is 0 Å². The van der Waals surface area contributed by atoms with Gasteiger partial charge in [0.2, 0.25) is 0 Å². The summed E-state index contributed by atoms with van der Waals surface area (Å²) in [5.41, 5.74) is 3.06. The van der Waals surface area contributed by atoms with Crippen LogP contribution in [0.1, 0.15) is 5.56 Å². The third kappa shape index (κ3) is 4.85. The van der Waals surface area contributed by atoms with Gasteiger partial charge in [0.1, 0.15) is 11.5 Å². The van der Waals surface area contributed by atoms with Gasteiger partial charge in [0, 0.05) is 31.5 Å². The zero-order valence-electron chi connectivity index (χ0n) is 20.5. The second-order valence-electron chi connectivity index (χ2n) is 8.44. The molecule has 5 aromatic rings. The second-order valence-corrected chi connectivity index (χ2v) is 8.44. The summed E-state index contributed by atoms with van der Waals surface area (Å²) in [6.45, 7) is 0.899. The van der Waals surface area contributed by atoms with E-state index in [1.165, 1.54) is 0 Å². The van der Waals surface area contributed by atoms with Crippen LogP contribution in [0.4, 0.5) is 11.4 Å². The molecule has 0 saturated heterocycles. The van der Waals surface area contributed by atoms with Crippen LogP contribution in [-0.2, 0) is 16.0 Å². The van der Waals surface area contributed by atoms with Crippen molar-refractivity contribution in [2.24, 2.45) is 0 Å². The standard InChI is InChI=1S/C31H29NO4/c1-33-21-35-28-18-16-24-12-6-8-14-26(24)30(28)32(20-23-10-4-3-5-11-23)31-27-15-9-7-13-25(27)17-19-29(31)36-22-34-2/h3-19H,20-22H2,1-2H3. The van der Waals surface area contributed by atoms with Crippen LogP contribution < -0.4 is 14.4 Å². The molecule has 182 valence electrons. The minimum Gasteiger partial charge on any atom is -0.465 e. The van der Waals surface area contributed by atoms with Gasteiger partial charge in [-0.15, -0.1) is 0 Å². The number of hydrogen-bond acceptors (Lipinski definition) is 5. The van der Waals surface area contributed by atoms with Gasteiger partial charge >= 0.3 is 0 Å². The Hall–Kier alpha value is -4.06. The van der Waals surface area contributed by atoms with Crippen molar-refractivity contribution in [3.05, 3.63) is 109 Å². The highest BCUT2D eigenvalue weighted by Crippen LogP contribution is 2.47. The monoisotopic (exact) mass is 479 g/mol. The summed E-state index contributed by atoms with van der Waals surface area (Å²) in [4.78, 5) is 2.29. The molecule has 0 radical (unpaired) electrons. The first-order valence-electron chi connectivity index (χ1n) is 11.9. The summed E-state index contributed by atoms with van der Waals surface area (Å²) >= 11 is 0. The van der Waals surface area contributed by atoms with Crippen molar-refractivity contribution >= 4 is 32.9 Å². The van der Waals surface area contributed by atoms with E-state index in [0.29, 0.717) is 6.54 Å². The van der Waals surface area contributed by atoms with Gasteiger partial charge in [-0.2, -0.15) is 0 Å². The number of ether oxygens (including phenoxy) is 4. The van der Waals surface area contributed by atoms with Gasteiger partial charge in [0.05, 0.1) is 11.4 Å². The Morgan fingerprint density at radius 2 is 1.00 bits per heavy atom. The van der Waals surface area contributed by atoms with Crippen LogP contribution in [0.15, 0.2) is 103 Å². The smallest absolute Gasteiger partial charge is 0.188 e. The Morgan fingerprint density at radius 3 is 1.50 bits per heavy atom. The molecule has 0 heterocycles. The Labute approximate surface area is 211 Å². The third-order valence-corrected chi connectivity index (χ3v) is 6.12. The average molecular weight is 480 g/mol. The molecule has 0 aliphatic heterocycles. The summed E-state index contributed by atoms with van der Waals surface area (Å²) in [6.07, 6.45) is 0. The highest BCUT2D eigenvalue weighted by molar-refractivity contribution is 6.05. The van der Waals surface area contributed by atoms with E-state index in [0.717, 1.165) is 50.0 Å². The van der Waals surface area contributed by atoms with Crippen LogP contribution in [0.5, 0.6) is 11.5 Å². The third-order valence-electron chi connectivity index (χ3n) is 6.12. The molecular weight excluding hydrogens is 450 g/mol. The molecule has 5 nitrogen and oxygen atoms in total.